The number of halogens is 1. The van der Waals surface area contributed by atoms with Gasteiger partial charge in [0.1, 0.15) is 23.2 Å². The van der Waals surface area contributed by atoms with Crippen molar-refractivity contribution in [1.82, 2.24) is 14.2 Å². The van der Waals surface area contributed by atoms with E-state index in [9.17, 15) is 12.8 Å². The summed E-state index contributed by atoms with van der Waals surface area (Å²) < 4.78 is 46.2. The molecule has 0 amide bonds. The first-order valence-corrected chi connectivity index (χ1v) is 12.8. The molecule has 1 aromatic heterocycles. The second-order valence-corrected chi connectivity index (χ2v) is 10.7. The molecule has 3 aromatic rings. The Morgan fingerprint density at radius 2 is 1.78 bits per heavy atom. The zero-order chi connectivity index (χ0) is 22.6. The summed E-state index contributed by atoms with van der Waals surface area (Å²) in [5, 5.41) is 2.86. The van der Waals surface area contributed by atoms with Crippen LogP contribution < -0.4 is 4.74 Å². The van der Waals surface area contributed by atoms with Crippen LogP contribution in [0.15, 0.2) is 58.8 Å². The van der Waals surface area contributed by atoms with Crippen LogP contribution in [0.5, 0.6) is 5.75 Å². The van der Waals surface area contributed by atoms with Crippen molar-refractivity contribution in [3.05, 3.63) is 76.0 Å². The molecule has 1 aliphatic rings. The molecule has 32 heavy (non-hydrogen) atoms. The molecule has 2 aromatic carbocycles. The van der Waals surface area contributed by atoms with Gasteiger partial charge in [-0.3, -0.25) is 4.90 Å². The summed E-state index contributed by atoms with van der Waals surface area (Å²) in [7, 11) is -3.48. The summed E-state index contributed by atoms with van der Waals surface area (Å²) in [5.74, 6) is 0.308. The van der Waals surface area contributed by atoms with E-state index in [0.717, 1.165) is 29.2 Å². The van der Waals surface area contributed by atoms with Gasteiger partial charge in [0.15, 0.2) is 0 Å². The van der Waals surface area contributed by atoms with Gasteiger partial charge >= 0.3 is 0 Å². The molecule has 0 atom stereocenters. The number of thiazole rings is 1. The van der Waals surface area contributed by atoms with Crippen molar-refractivity contribution in [2.45, 2.75) is 31.4 Å². The zero-order valence-corrected chi connectivity index (χ0v) is 19.5. The highest BCUT2D eigenvalue weighted by molar-refractivity contribution is 7.89. The fourth-order valence-electron chi connectivity index (χ4n) is 3.60. The molecule has 0 unspecified atom stereocenters. The lowest BCUT2D eigenvalue weighted by Crippen LogP contribution is -2.35. The van der Waals surface area contributed by atoms with Crippen molar-refractivity contribution in [3.8, 4) is 5.75 Å². The normalized spacial score (nSPS) is 16.1. The molecule has 0 spiro atoms. The monoisotopic (exact) mass is 475 g/mol. The topological polar surface area (TPSA) is 62.7 Å². The van der Waals surface area contributed by atoms with E-state index in [1.54, 1.807) is 28.6 Å². The Morgan fingerprint density at radius 3 is 2.53 bits per heavy atom. The summed E-state index contributed by atoms with van der Waals surface area (Å²) >= 11 is 1.53. The summed E-state index contributed by atoms with van der Waals surface area (Å²) in [4.78, 5) is 7.23. The second kappa shape index (κ2) is 10.1. The zero-order valence-electron chi connectivity index (χ0n) is 17.9. The summed E-state index contributed by atoms with van der Waals surface area (Å²) in [6.45, 7) is 5.40. The Bertz CT molecular complexity index is 1130. The Labute approximate surface area is 192 Å². The summed E-state index contributed by atoms with van der Waals surface area (Å²) in [6, 6.07) is 12.9. The highest BCUT2D eigenvalue weighted by Gasteiger charge is 2.27. The van der Waals surface area contributed by atoms with Crippen LogP contribution in [0.4, 0.5) is 4.39 Å². The van der Waals surface area contributed by atoms with Crippen LogP contribution in [0, 0.1) is 12.7 Å². The van der Waals surface area contributed by atoms with Crippen molar-refractivity contribution in [1.29, 1.82) is 0 Å². The van der Waals surface area contributed by atoms with Gasteiger partial charge in [-0.25, -0.2) is 17.8 Å². The van der Waals surface area contributed by atoms with Gasteiger partial charge in [0.05, 0.1) is 10.6 Å². The number of benzene rings is 2. The van der Waals surface area contributed by atoms with Gasteiger partial charge in [0.2, 0.25) is 10.0 Å². The molecule has 0 radical (unpaired) electrons. The molecule has 0 N–H and O–H groups in total. The maximum Gasteiger partial charge on any atom is 0.243 e. The minimum atomic E-state index is -3.48. The lowest BCUT2D eigenvalue weighted by atomic mass is 10.2. The predicted molar refractivity (Wildman–Crippen MR) is 123 cm³/mol. The summed E-state index contributed by atoms with van der Waals surface area (Å²) in [5.41, 5.74) is 1.99. The van der Waals surface area contributed by atoms with Crippen molar-refractivity contribution in [2.75, 3.05) is 26.2 Å². The molecule has 2 heterocycles. The lowest BCUT2D eigenvalue weighted by molar-refractivity contribution is 0.274. The summed E-state index contributed by atoms with van der Waals surface area (Å²) in [6.07, 6.45) is 0.774. The third-order valence-electron chi connectivity index (χ3n) is 5.37. The largest absolute Gasteiger partial charge is 0.486 e. The van der Waals surface area contributed by atoms with Crippen LogP contribution in [0.3, 0.4) is 0 Å². The van der Waals surface area contributed by atoms with Crippen molar-refractivity contribution in [2.24, 2.45) is 0 Å². The number of hydrogen-bond donors (Lipinski definition) is 0. The first kappa shape index (κ1) is 22.8. The number of aryl methyl sites for hydroxylation is 1. The SMILES string of the molecule is Cc1ccc(S(=O)(=O)N2CCCN(Cc3csc(COc4ccc(F)cc4)n3)CC2)cc1. The van der Waals surface area contributed by atoms with Crippen LogP contribution in [0.1, 0.15) is 22.7 Å². The van der Waals surface area contributed by atoms with Gasteiger partial charge in [-0.15, -0.1) is 11.3 Å². The molecule has 0 saturated carbocycles. The standard InChI is InChI=1S/C23H26FN3O3S2/c1-18-3-9-22(10-4-18)32(28,29)27-12-2-11-26(13-14-27)15-20-17-31-23(25-20)16-30-21-7-5-19(24)6-8-21/h3-10,17H,2,11-16H2,1H3. The van der Waals surface area contributed by atoms with E-state index in [1.165, 1.54) is 23.5 Å². The number of hydrogen-bond acceptors (Lipinski definition) is 6. The van der Waals surface area contributed by atoms with Crippen LogP contribution in [-0.2, 0) is 23.2 Å². The molecule has 1 aliphatic heterocycles. The van der Waals surface area contributed by atoms with Gasteiger partial charge in [-0.1, -0.05) is 17.7 Å². The average Bonchev–Trinajstić information content (AvgIpc) is 3.08. The van der Waals surface area contributed by atoms with Crippen molar-refractivity contribution >= 4 is 21.4 Å². The number of aromatic nitrogens is 1. The van der Waals surface area contributed by atoms with E-state index >= 15 is 0 Å². The molecular formula is C23H26FN3O3S2. The molecule has 0 bridgehead atoms. The molecule has 0 aliphatic carbocycles. The highest BCUT2D eigenvalue weighted by atomic mass is 32.2. The quantitative estimate of drug-likeness (QED) is 0.516. The Hall–Kier alpha value is -2.33. The van der Waals surface area contributed by atoms with Gasteiger partial charge in [0.25, 0.3) is 0 Å². The first-order chi connectivity index (χ1) is 15.4. The van der Waals surface area contributed by atoms with E-state index in [2.05, 4.69) is 9.88 Å². The number of ether oxygens (including phenoxy) is 1. The number of nitrogens with zero attached hydrogens (tertiary/aromatic N) is 3. The third kappa shape index (κ3) is 5.72. The van der Waals surface area contributed by atoms with Gasteiger partial charge < -0.3 is 4.74 Å². The molecule has 6 nitrogen and oxygen atoms in total. The molecule has 9 heteroatoms. The van der Waals surface area contributed by atoms with Crippen LogP contribution in [0.25, 0.3) is 0 Å². The van der Waals surface area contributed by atoms with Gasteiger partial charge in [-0.2, -0.15) is 4.31 Å². The number of sulfonamides is 1. The second-order valence-electron chi connectivity index (χ2n) is 7.82. The van der Waals surface area contributed by atoms with Crippen molar-refractivity contribution in [3.63, 3.8) is 0 Å². The van der Waals surface area contributed by atoms with Crippen LogP contribution in [0.2, 0.25) is 0 Å². The minimum Gasteiger partial charge on any atom is -0.486 e. The van der Waals surface area contributed by atoms with Crippen LogP contribution >= 0.6 is 11.3 Å². The smallest absolute Gasteiger partial charge is 0.243 e. The van der Waals surface area contributed by atoms with E-state index in [1.807, 2.05) is 24.4 Å². The Kier molecular flexibility index (Phi) is 7.20. The molecule has 1 saturated heterocycles. The molecule has 170 valence electrons. The van der Waals surface area contributed by atoms with E-state index in [-0.39, 0.29) is 5.82 Å². The van der Waals surface area contributed by atoms with Gasteiger partial charge in [0, 0.05) is 31.6 Å². The van der Waals surface area contributed by atoms with Gasteiger partial charge in [-0.05, 0) is 56.3 Å². The first-order valence-electron chi connectivity index (χ1n) is 10.5. The van der Waals surface area contributed by atoms with Crippen LogP contribution in [-0.4, -0.2) is 48.8 Å². The van der Waals surface area contributed by atoms with E-state index in [4.69, 9.17) is 4.74 Å². The number of rotatable bonds is 7. The maximum atomic E-state index is 13.0. The fraction of sp³-hybridized carbons (Fsp3) is 0.348. The molecule has 1 fully saturated rings. The molecule has 4 rings (SSSR count). The third-order valence-corrected chi connectivity index (χ3v) is 8.15. The maximum absolute atomic E-state index is 13.0. The molecular weight excluding hydrogens is 449 g/mol. The fourth-order valence-corrected chi connectivity index (χ4v) is 5.76. The average molecular weight is 476 g/mol. The van der Waals surface area contributed by atoms with E-state index < -0.39 is 10.0 Å². The predicted octanol–water partition coefficient (Wildman–Crippen LogP) is 4.07. The van der Waals surface area contributed by atoms with Crippen molar-refractivity contribution < 1.29 is 17.5 Å². The highest BCUT2D eigenvalue weighted by Crippen LogP contribution is 2.20. The van der Waals surface area contributed by atoms with E-state index in [0.29, 0.717) is 43.4 Å². The Morgan fingerprint density at radius 1 is 1.03 bits per heavy atom. The Balaban J connectivity index is 1.31. The lowest BCUT2D eigenvalue weighted by Gasteiger charge is -2.21. The minimum absolute atomic E-state index is 0.295.